The highest BCUT2D eigenvalue weighted by molar-refractivity contribution is 6.30. The predicted octanol–water partition coefficient (Wildman–Crippen LogP) is 4.32. The average molecular weight is 360 g/mol. The fourth-order valence-electron chi connectivity index (χ4n) is 2.04. The molecule has 0 aliphatic carbocycles. The Labute approximate surface area is 142 Å². The second kappa shape index (κ2) is 6.84. The van der Waals surface area contributed by atoms with Gasteiger partial charge in [0.05, 0.1) is 17.4 Å². The molecule has 0 spiro atoms. The number of hydrogen-bond donors (Lipinski definition) is 1. The van der Waals surface area contributed by atoms with Crippen molar-refractivity contribution < 1.29 is 18.0 Å². The van der Waals surface area contributed by atoms with Crippen molar-refractivity contribution in [3.05, 3.63) is 46.7 Å². The zero-order chi connectivity index (χ0) is 18.1. The molecule has 0 saturated carbocycles. The molecule has 1 amide bonds. The highest BCUT2D eigenvalue weighted by Gasteiger charge is 2.40. The van der Waals surface area contributed by atoms with Gasteiger partial charge in [-0.15, -0.1) is 0 Å². The normalized spacial score (nSPS) is 13.2. The van der Waals surface area contributed by atoms with Crippen LogP contribution in [0.3, 0.4) is 0 Å². The van der Waals surface area contributed by atoms with E-state index in [1.54, 1.807) is 13.0 Å². The third-order valence-electron chi connectivity index (χ3n) is 3.69. The first kappa shape index (κ1) is 18.3. The number of hydrogen-bond acceptors (Lipinski definition) is 2. The van der Waals surface area contributed by atoms with Gasteiger partial charge in [0.15, 0.2) is 5.69 Å². The molecule has 0 aliphatic rings. The van der Waals surface area contributed by atoms with Crippen molar-refractivity contribution in [2.45, 2.75) is 33.0 Å². The third kappa shape index (κ3) is 3.90. The number of nitrogens with one attached hydrogen (secondary N) is 1. The Bertz CT molecular complexity index is 740. The van der Waals surface area contributed by atoms with E-state index in [0.29, 0.717) is 4.68 Å². The Hall–Kier alpha value is -2.02. The van der Waals surface area contributed by atoms with E-state index in [1.165, 1.54) is 18.2 Å². The summed E-state index contributed by atoms with van der Waals surface area (Å²) in [5.41, 5.74) is -1.51. The molecular formula is C16H17ClF3N3O. The lowest BCUT2D eigenvalue weighted by Gasteiger charge is -2.18. The Morgan fingerprint density at radius 3 is 2.50 bits per heavy atom. The van der Waals surface area contributed by atoms with Crippen LogP contribution in [0, 0.1) is 5.92 Å². The van der Waals surface area contributed by atoms with Gasteiger partial charge in [0, 0.05) is 11.1 Å². The minimum absolute atomic E-state index is 0.0891. The largest absolute Gasteiger partial charge is 0.434 e. The number of aromatic nitrogens is 2. The summed E-state index contributed by atoms with van der Waals surface area (Å²) >= 11 is 5.83. The van der Waals surface area contributed by atoms with E-state index in [9.17, 15) is 18.0 Å². The summed E-state index contributed by atoms with van der Waals surface area (Å²) in [4.78, 5) is 12.2. The van der Waals surface area contributed by atoms with Crippen molar-refractivity contribution in [2.75, 3.05) is 0 Å². The molecule has 4 nitrogen and oxygen atoms in total. The lowest BCUT2D eigenvalue weighted by atomic mass is 10.1. The number of amides is 1. The summed E-state index contributed by atoms with van der Waals surface area (Å²) in [5.74, 6) is -0.719. The molecule has 1 unspecified atom stereocenters. The first-order valence-electron chi connectivity index (χ1n) is 7.33. The molecule has 0 saturated heterocycles. The number of benzene rings is 1. The number of halogens is 4. The van der Waals surface area contributed by atoms with Crippen LogP contribution in [0.4, 0.5) is 13.2 Å². The van der Waals surface area contributed by atoms with E-state index in [1.807, 2.05) is 13.8 Å². The van der Waals surface area contributed by atoms with Gasteiger partial charge in [0.2, 0.25) is 0 Å². The van der Waals surface area contributed by atoms with E-state index in [-0.39, 0.29) is 22.7 Å². The fourth-order valence-corrected chi connectivity index (χ4v) is 2.23. The Kier molecular flexibility index (Phi) is 5.22. The lowest BCUT2D eigenvalue weighted by molar-refractivity contribution is -0.143. The second-order valence-electron chi connectivity index (χ2n) is 5.80. The zero-order valence-electron chi connectivity index (χ0n) is 13.4. The van der Waals surface area contributed by atoms with Gasteiger partial charge < -0.3 is 5.32 Å². The minimum atomic E-state index is -4.74. The third-order valence-corrected chi connectivity index (χ3v) is 3.93. The molecule has 1 aromatic carbocycles. The molecule has 8 heteroatoms. The summed E-state index contributed by atoms with van der Waals surface area (Å²) in [5, 5.41) is 6.58. The maximum atomic E-state index is 13.5. The summed E-state index contributed by atoms with van der Waals surface area (Å²) < 4.78 is 41.2. The summed E-state index contributed by atoms with van der Waals surface area (Å²) in [6.07, 6.45) is -3.82. The van der Waals surface area contributed by atoms with Crippen LogP contribution in [0.2, 0.25) is 5.02 Å². The van der Waals surface area contributed by atoms with Crippen LogP contribution in [0.25, 0.3) is 5.69 Å². The van der Waals surface area contributed by atoms with Crippen LogP contribution >= 0.6 is 11.6 Å². The van der Waals surface area contributed by atoms with Gasteiger partial charge in [-0.1, -0.05) is 31.5 Å². The molecule has 1 aromatic heterocycles. The van der Waals surface area contributed by atoms with Gasteiger partial charge in [-0.25, -0.2) is 4.68 Å². The molecule has 24 heavy (non-hydrogen) atoms. The number of carbonyl (C=O) groups excluding carboxylic acids is 1. The number of alkyl halides is 3. The first-order valence-corrected chi connectivity index (χ1v) is 7.71. The van der Waals surface area contributed by atoms with Gasteiger partial charge in [-0.2, -0.15) is 18.3 Å². The van der Waals surface area contributed by atoms with Crippen LogP contribution in [-0.4, -0.2) is 21.7 Å². The van der Waals surface area contributed by atoms with Crippen molar-refractivity contribution in [1.29, 1.82) is 0 Å². The highest BCUT2D eigenvalue weighted by atomic mass is 35.5. The second-order valence-corrected chi connectivity index (χ2v) is 6.24. The predicted molar refractivity (Wildman–Crippen MR) is 85.3 cm³/mol. The molecule has 1 atom stereocenters. The maximum absolute atomic E-state index is 13.5. The summed E-state index contributed by atoms with van der Waals surface area (Å²) in [7, 11) is 0. The molecule has 1 N–H and O–H groups in total. The summed E-state index contributed by atoms with van der Waals surface area (Å²) in [6.45, 7) is 5.47. The topological polar surface area (TPSA) is 46.9 Å². The standard InChI is InChI=1S/C16H17ClF3N3O/c1-9(2)10(3)22-15(24)13-8-21-23(14(13)16(18,19)20)12-6-4-5-11(17)7-12/h4-10H,1-3H3,(H,22,24). The van der Waals surface area contributed by atoms with Crippen LogP contribution in [-0.2, 0) is 6.18 Å². The molecule has 2 rings (SSSR count). The monoisotopic (exact) mass is 359 g/mol. The van der Waals surface area contributed by atoms with Gasteiger partial charge in [0.25, 0.3) is 5.91 Å². The van der Waals surface area contributed by atoms with Crippen LogP contribution in [0.15, 0.2) is 30.5 Å². The Morgan fingerprint density at radius 1 is 1.29 bits per heavy atom. The van der Waals surface area contributed by atoms with Crippen molar-refractivity contribution in [3.8, 4) is 5.69 Å². The van der Waals surface area contributed by atoms with E-state index in [2.05, 4.69) is 10.4 Å². The minimum Gasteiger partial charge on any atom is -0.349 e. The molecule has 130 valence electrons. The van der Waals surface area contributed by atoms with Gasteiger partial charge >= 0.3 is 6.18 Å². The summed E-state index contributed by atoms with van der Waals surface area (Å²) in [6, 6.07) is 5.57. The van der Waals surface area contributed by atoms with Gasteiger partial charge in [0.1, 0.15) is 0 Å². The van der Waals surface area contributed by atoms with Crippen molar-refractivity contribution in [3.63, 3.8) is 0 Å². The van der Waals surface area contributed by atoms with Crippen LogP contribution < -0.4 is 5.32 Å². The smallest absolute Gasteiger partial charge is 0.349 e. The molecule has 2 aromatic rings. The molecule has 0 bridgehead atoms. The van der Waals surface area contributed by atoms with E-state index >= 15 is 0 Å². The van der Waals surface area contributed by atoms with Crippen LogP contribution in [0.5, 0.6) is 0 Å². The highest BCUT2D eigenvalue weighted by Crippen LogP contribution is 2.34. The molecule has 0 radical (unpaired) electrons. The number of nitrogens with zero attached hydrogens (tertiary/aromatic N) is 2. The molecule has 0 aliphatic heterocycles. The van der Waals surface area contributed by atoms with Crippen molar-refractivity contribution in [2.24, 2.45) is 5.92 Å². The van der Waals surface area contributed by atoms with Crippen LogP contribution in [0.1, 0.15) is 36.8 Å². The van der Waals surface area contributed by atoms with Crippen molar-refractivity contribution in [1.82, 2.24) is 15.1 Å². The molecule has 1 heterocycles. The fraction of sp³-hybridized carbons (Fsp3) is 0.375. The Morgan fingerprint density at radius 2 is 1.96 bits per heavy atom. The zero-order valence-corrected chi connectivity index (χ0v) is 14.1. The molecular weight excluding hydrogens is 343 g/mol. The SMILES string of the molecule is CC(C)C(C)NC(=O)c1cnn(-c2cccc(Cl)c2)c1C(F)(F)F. The van der Waals surface area contributed by atoms with E-state index < -0.39 is 23.3 Å². The number of carbonyl (C=O) groups is 1. The van der Waals surface area contributed by atoms with Crippen molar-refractivity contribution >= 4 is 17.5 Å². The van der Waals surface area contributed by atoms with Gasteiger partial charge in [-0.3, -0.25) is 4.79 Å². The number of rotatable bonds is 4. The Balaban J connectivity index is 2.49. The molecule has 0 fully saturated rings. The lowest BCUT2D eigenvalue weighted by Crippen LogP contribution is -2.37. The van der Waals surface area contributed by atoms with E-state index in [0.717, 1.165) is 6.20 Å². The first-order chi connectivity index (χ1) is 11.1. The van der Waals surface area contributed by atoms with E-state index in [4.69, 9.17) is 11.6 Å². The average Bonchev–Trinajstić information content (AvgIpc) is 2.92. The van der Waals surface area contributed by atoms with Gasteiger partial charge in [-0.05, 0) is 31.0 Å². The maximum Gasteiger partial charge on any atom is 0.434 e. The quantitative estimate of drug-likeness (QED) is 0.883.